The molecule has 0 saturated carbocycles. The molecule has 0 radical (unpaired) electrons. The molecule has 25 heavy (non-hydrogen) atoms. The van der Waals surface area contributed by atoms with E-state index in [1.54, 1.807) is 0 Å². The Morgan fingerprint density at radius 3 is 2.48 bits per heavy atom. The molecule has 2 rings (SSSR count). The smallest absolute Gasteiger partial charge is 0.407 e. The van der Waals surface area contributed by atoms with Crippen LogP contribution in [0.25, 0.3) is 0 Å². The van der Waals surface area contributed by atoms with Crippen LogP contribution in [0.4, 0.5) is 4.79 Å². The monoisotopic (exact) mass is 369 g/mol. The quantitative estimate of drug-likeness (QED) is 0.788. The van der Waals surface area contributed by atoms with Gasteiger partial charge >= 0.3 is 12.1 Å². The molecule has 0 fully saturated rings. The van der Waals surface area contributed by atoms with Gasteiger partial charge in [-0.2, -0.15) is 0 Å². The molecule has 0 aliphatic heterocycles. The third-order valence-corrected chi connectivity index (χ3v) is 5.08. The van der Waals surface area contributed by atoms with Crippen molar-refractivity contribution in [1.82, 2.24) is 5.32 Å². The topological polar surface area (TPSA) is 64.6 Å². The van der Waals surface area contributed by atoms with Crippen LogP contribution in [0.3, 0.4) is 0 Å². The van der Waals surface area contributed by atoms with E-state index in [1.165, 1.54) is 21.8 Å². The molecule has 1 aliphatic rings. The van der Waals surface area contributed by atoms with Crippen LogP contribution in [0.15, 0.2) is 0 Å². The van der Waals surface area contributed by atoms with Gasteiger partial charge in [0.05, 0.1) is 6.61 Å². The van der Waals surface area contributed by atoms with Crippen molar-refractivity contribution in [3.8, 4) is 0 Å². The van der Waals surface area contributed by atoms with Crippen LogP contribution in [0.5, 0.6) is 0 Å². The van der Waals surface area contributed by atoms with Gasteiger partial charge in [-0.3, -0.25) is 0 Å². The van der Waals surface area contributed by atoms with Crippen molar-refractivity contribution in [2.45, 2.75) is 79.4 Å². The van der Waals surface area contributed by atoms with Gasteiger partial charge in [0.15, 0.2) is 0 Å². The molecule has 5 nitrogen and oxygen atoms in total. The zero-order chi connectivity index (χ0) is 19.2. The van der Waals surface area contributed by atoms with Crippen molar-refractivity contribution in [3.63, 3.8) is 0 Å². The predicted octanol–water partition coefficient (Wildman–Crippen LogP) is 4.64. The molecule has 1 amide bonds. The van der Waals surface area contributed by atoms with E-state index < -0.39 is 5.60 Å². The molecule has 1 aromatic heterocycles. The summed E-state index contributed by atoms with van der Waals surface area (Å²) in [6, 6.07) is 0.0423. The molecule has 0 aromatic carbocycles. The molecule has 0 saturated heterocycles. The molecule has 6 heteroatoms. The van der Waals surface area contributed by atoms with Crippen molar-refractivity contribution < 1.29 is 19.1 Å². The number of carbonyl (C=O) groups is 2. The number of esters is 1. The molecule has 0 bridgehead atoms. The van der Waals surface area contributed by atoms with Crippen molar-refractivity contribution in [2.75, 3.05) is 6.61 Å². The lowest BCUT2D eigenvalue weighted by molar-refractivity contribution is 0.0496. The first-order chi connectivity index (χ1) is 11.7. The Hall–Kier alpha value is -1.56. The molecule has 1 N–H and O–H groups in total. The van der Waals surface area contributed by atoms with E-state index in [1.807, 2.05) is 48.5 Å². The van der Waals surface area contributed by atoms with Crippen molar-refractivity contribution in [3.05, 3.63) is 20.9 Å². The van der Waals surface area contributed by atoms with E-state index >= 15 is 0 Å². The standard InChI is InChI=1S/C17H25NO4S.C2H6/c1-6-21-15(19)14-10(2)12-9-11(7-8-13(12)23-14)18-16(20)22-17(3,4)5;1-2/h11H,6-9H2,1-5H3,(H,18,20);1-2H3. The number of hydrogen-bond donors (Lipinski definition) is 1. The molecule has 1 atom stereocenters. The summed E-state index contributed by atoms with van der Waals surface area (Å²) in [5, 5.41) is 2.93. The number of fused-ring (bicyclic) bond motifs is 1. The fourth-order valence-electron chi connectivity index (χ4n) is 2.72. The minimum absolute atomic E-state index is 0.0423. The van der Waals surface area contributed by atoms with E-state index in [0.29, 0.717) is 11.5 Å². The predicted molar refractivity (Wildman–Crippen MR) is 102 cm³/mol. The summed E-state index contributed by atoms with van der Waals surface area (Å²) in [4.78, 5) is 25.8. The van der Waals surface area contributed by atoms with Gasteiger partial charge in [0.2, 0.25) is 0 Å². The SMILES string of the molecule is CC.CCOC(=O)c1sc2c(c1C)CC(NC(=O)OC(C)(C)C)CC2. The summed E-state index contributed by atoms with van der Waals surface area (Å²) in [5.41, 5.74) is 1.66. The van der Waals surface area contributed by atoms with Crippen LogP contribution < -0.4 is 5.32 Å². The van der Waals surface area contributed by atoms with Gasteiger partial charge in [-0.05, 0) is 65.0 Å². The molecular formula is C19H31NO4S. The van der Waals surface area contributed by atoms with Crippen LogP contribution in [0, 0.1) is 6.92 Å². The maximum Gasteiger partial charge on any atom is 0.407 e. The number of ether oxygens (including phenoxy) is 2. The average molecular weight is 370 g/mol. The Balaban J connectivity index is 0.00000151. The van der Waals surface area contributed by atoms with Crippen molar-refractivity contribution in [2.24, 2.45) is 0 Å². The number of rotatable bonds is 3. The zero-order valence-corrected chi connectivity index (χ0v) is 17.3. The van der Waals surface area contributed by atoms with Crippen molar-refractivity contribution in [1.29, 1.82) is 0 Å². The third-order valence-electron chi connectivity index (χ3n) is 3.71. The highest BCUT2D eigenvalue weighted by molar-refractivity contribution is 7.14. The van der Waals surface area contributed by atoms with Gasteiger partial charge in [-0.25, -0.2) is 9.59 Å². The first-order valence-electron chi connectivity index (χ1n) is 8.99. The first kappa shape index (κ1) is 21.5. The highest BCUT2D eigenvalue weighted by atomic mass is 32.1. The first-order valence-corrected chi connectivity index (χ1v) is 9.80. The lowest BCUT2D eigenvalue weighted by Crippen LogP contribution is -2.41. The summed E-state index contributed by atoms with van der Waals surface area (Å²) in [7, 11) is 0. The van der Waals surface area contributed by atoms with Crippen LogP contribution >= 0.6 is 11.3 Å². The molecule has 1 unspecified atom stereocenters. The summed E-state index contributed by atoms with van der Waals surface area (Å²) in [6.45, 7) is 13.7. The number of alkyl carbamates (subject to hydrolysis) is 1. The lowest BCUT2D eigenvalue weighted by atomic mass is 9.91. The fraction of sp³-hybridized carbons (Fsp3) is 0.684. The second-order valence-corrected chi connectivity index (χ2v) is 7.87. The summed E-state index contributed by atoms with van der Waals surface area (Å²) >= 11 is 1.52. The number of hydrogen-bond acceptors (Lipinski definition) is 5. The summed E-state index contributed by atoms with van der Waals surface area (Å²) < 4.78 is 10.4. The van der Waals surface area contributed by atoms with E-state index in [4.69, 9.17) is 9.47 Å². The molecule has 142 valence electrons. The number of nitrogens with one attached hydrogen (secondary N) is 1. The van der Waals surface area contributed by atoms with Gasteiger partial charge in [0.1, 0.15) is 10.5 Å². The highest BCUT2D eigenvalue weighted by Crippen LogP contribution is 2.34. The molecule has 1 heterocycles. The van der Waals surface area contributed by atoms with Crippen LogP contribution in [0.2, 0.25) is 0 Å². The Bertz CT molecular complexity index is 601. The summed E-state index contributed by atoms with van der Waals surface area (Å²) in [6.07, 6.45) is 2.07. The van der Waals surface area contributed by atoms with E-state index in [9.17, 15) is 9.59 Å². The van der Waals surface area contributed by atoms with E-state index in [0.717, 1.165) is 24.8 Å². The van der Waals surface area contributed by atoms with Crippen LogP contribution in [-0.2, 0) is 22.3 Å². The van der Waals surface area contributed by atoms with Crippen molar-refractivity contribution >= 4 is 23.4 Å². The Morgan fingerprint density at radius 2 is 1.92 bits per heavy atom. The highest BCUT2D eigenvalue weighted by Gasteiger charge is 2.28. The number of thiophene rings is 1. The Kier molecular flexibility index (Phi) is 7.93. The molecule has 1 aliphatic carbocycles. The zero-order valence-electron chi connectivity index (χ0n) is 16.4. The Morgan fingerprint density at radius 1 is 1.28 bits per heavy atom. The molecular weight excluding hydrogens is 338 g/mol. The van der Waals surface area contributed by atoms with Crippen LogP contribution in [0.1, 0.15) is 73.6 Å². The van der Waals surface area contributed by atoms with E-state index in [2.05, 4.69) is 5.32 Å². The average Bonchev–Trinajstić information content (AvgIpc) is 2.85. The maximum atomic E-state index is 12.0. The van der Waals surface area contributed by atoms with Gasteiger partial charge in [0.25, 0.3) is 0 Å². The van der Waals surface area contributed by atoms with E-state index in [-0.39, 0.29) is 18.1 Å². The normalized spacial score (nSPS) is 16.2. The Labute approximate surface area is 155 Å². The lowest BCUT2D eigenvalue weighted by Gasteiger charge is -2.26. The molecule has 0 spiro atoms. The fourth-order valence-corrected chi connectivity index (χ4v) is 3.96. The number of aryl methyl sites for hydroxylation is 1. The summed E-state index contributed by atoms with van der Waals surface area (Å²) in [5.74, 6) is -0.249. The molecule has 1 aromatic rings. The second kappa shape index (κ2) is 9.22. The van der Waals surface area contributed by atoms with Gasteiger partial charge in [-0.1, -0.05) is 13.8 Å². The van der Waals surface area contributed by atoms with Gasteiger partial charge in [0, 0.05) is 10.9 Å². The van der Waals surface area contributed by atoms with Gasteiger partial charge < -0.3 is 14.8 Å². The maximum absolute atomic E-state index is 12.0. The minimum atomic E-state index is -0.501. The largest absolute Gasteiger partial charge is 0.462 e. The minimum Gasteiger partial charge on any atom is -0.462 e. The van der Waals surface area contributed by atoms with Gasteiger partial charge in [-0.15, -0.1) is 11.3 Å². The second-order valence-electron chi connectivity index (χ2n) is 6.76. The van der Waals surface area contributed by atoms with Crippen LogP contribution in [-0.4, -0.2) is 30.3 Å². The number of carbonyl (C=O) groups excluding carboxylic acids is 2. The third kappa shape index (κ3) is 6.03. The number of amides is 1.